The van der Waals surface area contributed by atoms with Crippen LogP contribution >= 0.6 is 0 Å². The third kappa shape index (κ3) is 3.81. The van der Waals surface area contributed by atoms with E-state index in [0.717, 1.165) is 24.1 Å². The zero-order chi connectivity index (χ0) is 16.2. The standard InChI is InChI=1S/C19H25N3O/c1-14-5-3-6-18(15(14)2)21-19(23)17-9-7-16(8-10-17)13-22-12-4-11-20-22/h4,7-12,14-15,18H,3,5-6,13H2,1-2H3,(H,21,23). The maximum atomic E-state index is 12.5. The Kier molecular flexibility index (Phi) is 4.79. The van der Waals surface area contributed by atoms with Gasteiger partial charge in [-0.1, -0.05) is 38.8 Å². The molecule has 0 aliphatic heterocycles. The third-order valence-corrected chi connectivity index (χ3v) is 5.14. The number of aromatic nitrogens is 2. The maximum absolute atomic E-state index is 12.5. The summed E-state index contributed by atoms with van der Waals surface area (Å²) in [5, 5.41) is 7.42. The first-order valence-electron chi connectivity index (χ1n) is 8.50. The van der Waals surface area contributed by atoms with Crippen LogP contribution in [0.3, 0.4) is 0 Å². The Morgan fingerprint density at radius 2 is 2.04 bits per heavy atom. The minimum Gasteiger partial charge on any atom is -0.349 e. The molecule has 0 radical (unpaired) electrons. The largest absolute Gasteiger partial charge is 0.349 e. The summed E-state index contributed by atoms with van der Waals surface area (Å²) in [5.41, 5.74) is 1.88. The number of hydrogen-bond acceptors (Lipinski definition) is 2. The van der Waals surface area contributed by atoms with E-state index in [2.05, 4.69) is 24.3 Å². The molecule has 1 aliphatic rings. The Bertz CT molecular complexity index is 633. The molecule has 4 heteroatoms. The Morgan fingerprint density at radius 3 is 2.74 bits per heavy atom. The van der Waals surface area contributed by atoms with Crippen molar-refractivity contribution in [2.75, 3.05) is 0 Å². The first-order chi connectivity index (χ1) is 11.1. The van der Waals surface area contributed by atoms with E-state index in [1.54, 1.807) is 6.20 Å². The van der Waals surface area contributed by atoms with Crippen molar-refractivity contribution in [3.63, 3.8) is 0 Å². The van der Waals surface area contributed by atoms with Gasteiger partial charge in [0, 0.05) is 24.0 Å². The summed E-state index contributed by atoms with van der Waals surface area (Å²) in [6.07, 6.45) is 7.28. The van der Waals surface area contributed by atoms with Crippen LogP contribution in [0.2, 0.25) is 0 Å². The van der Waals surface area contributed by atoms with Crippen LogP contribution in [-0.2, 0) is 6.54 Å². The van der Waals surface area contributed by atoms with Gasteiger partial charge in [-0.25, -0.2) is 0 Å². The lowest BCUT2D eigenvalue weighted by molar-refractivity contribution is 0.0891. The van der Waals surface area contributed by atoms with Gasteiger partial charge in [0.05, 0.1) is 6.54 Å². The molecule has 1 aromatic heterocycles. The maximum Gasteiger partial charge on any atom is 0.251 e. The van der Waals surface area contributed by atoms with Gasteiger partial charge in [0.25, 0.3) is 5.91 Å². The zero-order valence-corrected chi connectivity index (χ0v) is 13.9. The molecule has 4 nitrogen and oxygen atoms in total. The molecular weight excluding hydrogens is 286 g/mol. The van der Waals surface area contributed by atoms with E-state index in [4.69, 9.17) is 0 Å². The topological polar surface area (TPSA) is 46.9 Å². The van der Waals surface area contributed by atoms with Crippen LogP contribution in [0.4, 0.5) is 0 Å². The predicted molar refractivity (Wildman–Crippen MR) is 91.2 cm³/mol. The minimum atomic E-state index is 0.0431. The van der Waals surface area contributed by atoms with Gasteiger partial charge in [-0.15, -0.1) is 0 Å². The molecule has 3 unspecified atom stereocenters. The van der Waals surface area contributed by atoms with E-state index in [9.17, 15) is 4.79 Å². The Hall–Kier alpha value is -2.10. The highest BCUT2D eigenvalue weighted by Crippen LogP contribution is 2.29. The van der Waals surface area contributed by atoms with Crippen LogP contribution < -0.4 is 5.32 Å². The number of hydrogen-bond donors (Lipinski definition) is 1. The lowest BCUT2D eigenvalue weighted by Gasteiger charge is -2.34. The van der Waals surface area contributed by atoms with E-state index >= 15 is 0 Å². The number of nitrogens with zero attached hydrogens (tertiary/aromatic N) is 2. The summed E-state index contributed by atoms with van der Waals surface area (Å²) < 4.78 is 1.88. The first-order valence-corrected chi connectivity index (χ1v) is 8.50. The number of rotatable bonds is 4. The number of carbonyl (C=O) groups is 1. The Labute approximate surface area is 137 Å². The number of carbonyl (C=O) groups excluding carboxylic acids is 1. The molecule has 0 bridgehead atoms. The molecule has 0 spiro atoms. The van der Waals surface area contributed by atoms with E-state index in [0.29, 0.717) is 17.9 Å². The quantitative estimate of drug-likeness (QED) is 0.939. The molecule has 1 heterocycles. The monoisotopic (exact) mass is 311 g/mol. The van der Waals surface area contributed by atoms with E-state index in [1.807, 2.05) is 41.2 Å². The third-order valence-electron chi connectivity index (χ3n) is 5.14. The van der Waals surface area contributed by atoms with Gasteiger partial charge < -0.3 is 5.32 Å². The molecular formula is C19H25N3O. The Balaban J connectivity index is 1.61. The fourth-order valence-electron chi connectivity index (χ4n) is 3.38. The molecule has 1 aromatic carbocycles. The highest BCUT2D eigenvalue weighted by atomic mass is 16.1. The summed E-state index contributed by atoms with van der Waals surface area (Å²) in [5.74, 6) is 1.28. The molecule has 0 saturated heterocycles. The average molecular weight is 311 g/mol. The zero-order valence-electron chi connectivity index (χ0n) is 13.9. The van der Waals surface area contributed by atoms with E-state index in [-0.39, 0.29) is 5.91 Å². The Morgan fingerprint density at radius 1 is 1.26 bits per heavy atom. The SMILES string of the molecule is CC1CCCC(NC(=O)c2ccc(Cn3cccn3)cc2)C1C. The van der Waals surface area contributed by atoms with Crippen molar-refractivity contribution < 1.29 is 4.79 Å². The number of benzene rings is 1. The molecule has 2 aromatic rings. The van der Waals surface area contributed by atoms with E-state index in [1.165, 1.54) is 12.8 Å². The molecule has 1 aliphatic carbocycles. The summed E-state index contributed by atoms with van der Waals surface area (Å²) in [6, 6.07) is 10.0. The second-order valence-corrected chi connectivity index (χ2v) is 6.75. The first kappa shape index (κ1) is 15.8. The van der Waals surface area contributed by atoms with Gasteiger partial charge in [-0.2, -0.15) is 5.10 Å². The smallest absolute Gasteiger partial charge is 0.251 e. The van der Waals surface area contributed by atoms with Gasteiger partial charge in [0.2, 0.25) is 0 Å². The van der Waals surface area contributed by atoms with Gasteiger partial charge >= 0.3 is 0 Å². The number of amides is 1. The molecule has 1 fully saturated rings. The molecule has 23 heavy (non-hydrogen) atoms. The lowest BCUT2D eigenvalue weighted by Crippen LogP contribution is -2.43. The van der Waals surface area contributed by atoms with Crippen LogP contribution in [0.5, 0.6) is 0 Å². The second kappa shape index (κ2) is 6.99. The van der Waals surface area contributed by atoms with Crippen molar-refractivity contribution in [1.29, 1.82) is 0 Å². The van der Waals surface area contributed by atoms with Crippen molar-refractivity contribution in [2.24, 2.45) is 11.8 Å². The van der Waals surface area contributed by atoms with Crippen LogP contribution in [0.25, 0.3) is 0 Å². The number of nitrogens with one attached hydrogen (secondary N) is 1. The highest BCUT2D eigenvalue weighted by Gasteiger charge is 2.28. The summed E-state index contributed by atoms with van der Waals surface area (Å²) >= 11 is 0. The molecule has 3 atom stereocenters. The predicted octanol–water partition coefficient (Wildman–Crippen LogP) is 3.49. The van der Waals surface area contributed by atoms with Crippen molar-refractivity contribution >= 4 is 5.91 Å². The van der Waals surface area contributed by atoms with Crippen LogP contribution in [0.15, 0.2) is 42.7 Å². The molecule has 3 rings (SSSR count). The van der Waals surface area contributed by atoms with Crippen molar-refractivity contribution in [3.05, 3.63) is 53.9 Å². The van der Waals surface area contributed by atoms with Gasteiger partial charge in [0.15, 0.2) is 0 Å². The normalized spacial score (nSPS) is 24.3. The lowest BCUT2D eigenvalue weighted by atomic mass is 9.78. The minimum absolute atomic E-state index is 0.0431. The summed E-state index contributed by atoms with van der Waals surface area (Å²) in [6.45, 7) is 5.26. The highest BCUT2D eigenvalue weighted by molar-refractivity contribution is 5.94. The van der Waals surface area contributed by atoms with E-state index < -0.39 is 0 Å². The summed E-state index contributed by atoms with van der Waals surface area (Å²) in [7, 11) is 0. The van der Waals surface area contributed by atoms with Gasteiger partial charge in [0.1, 0.15) is 0 Å². The molecule has 1 N–H and O–H groups in total. The second-order valence-electron chi connectivity index (χ2n) is 6.75. The molecule has 1 saturated carbocycles. The van der Waals surface area contributed by atoms with Crippen molar-refractivity contribution in [1.82, 2.24) is 15.1 Å². The summed E-state index contributed by atoms with van der Waals surface area (Å²) in [4.78, 5) is 12.5. The van der Waals surface area contributed by atoms with Crippen molar-refractivity contribution in [2.45, 2.75) is 45.7 Å². The van der Waals surface area contributed by atoms with Crippen LogP contribution in [0.1, 0.15) is 49.0 Å². The van der Waals surface area contributed by atoms with Gasteiger partial charge in [-0.3, -0.25) is 9.48 Å². The van der Waals surface area contributed by atoms with Crippen LogP contribution in [-0.4, -0.2) is 21.7 Å². The molecule has 1 amide bonds. The fourth-order valence-corrected chi connectivity index (χ4v) is 3.38. The van der Waals surface area contributed by atoms with Crippen LogP contribution in [0, 0.1) is 11.8 Å². The fraction of sp³-hybridized carbons (Fsp3) is 0.474. The van der Waals surface area contributed by atoms with Crippen molar-refractivity contribution in [3.8, 4) is 0 Å². The average Bonchev–Trinajstić information content (AvgIpc) is 3.05. The van der Waals surface area contributed by atoms with Gasteiger partial charge in [-0.05, 0) is 42.0 Å². The molecule has 122 valence electrons.